The number of nitrogens with one attached hydrogen (secondary N) is 1. The molecule has 1 saturated heterocycles. The van der Waals surface area contributed by atoms with Gasteiger partial charge in [0.25, 0.3) is 0 Å². The molecule has 23 heavy (non-hydrogen) atoms. The van der Waals surface area contributed by atoms with Crippen molar-refractivity contribution in [1.82, 2.24) is 10.2 Å². The van der Waals surface area contributed by atoms with E-state index in [2.05, 4.69) is 29.5 Å². The Morgan fingerprint density at radius 3 is 2.91 bits per heavy atom. The monoisotopic (exact) mass is 469 g/mol. The number of likely N-dealkylation sites (tertiary alicyclic amines) is 1. The minimum absolute atomic E-state index is 0. The van der Waals surface area contributed by atoms with Gasteiger partial charge in [-0.1, -0.05) is 23.7 Å². The molecule has 1 aliphatic rings. The number of aliphatic imine (C=N–C) groups is 1. The predicted molar refractivity (Wildman–Crippen MR) is 111 cm³/mol. The number of thioether (sulfide) groups is 1. The molecule has 7 heteroatoms. The van der Waals surface area contributed by atoms with Crippen molar-refractivity contribution in [2.75, 3.05) is 32.4 Å². The number of hydrogen-bond acceptors (Lipinski definition) is 3. The molecule has 0 spiro atoms. The Morgan fingerprint density at radius 1 is 1.57 bits per heavy atom. The number of guanidine groups is 1. The van der Waals surface area contributed by atoms with Crippen LogP contribution in [0.15, 0.2) is 29.3 Å². The van der Waals surface area contributed by atoms with Crippen molar-refractivity contribution in [3.63, 3.8) is 0 Å². The second-order valence-electron chi connectivity index (χ2n) is 5.36. The molecule has 2 rings (SSSR count). The summed E-state index contributed by atoms with van der Waals surface area (Å²) in [4.78, 5) is 6.89. The molecule has 1 aliphatic heterocycles. The highest BCUT2D eigenvalue weighted by Gasteiger charge is 2.23. The molecule has 1 aromatic rings. The van der Waals surface area contributed by atoms with Gasteiger partial charge in [0.05, 0.1) is 12.6 Å². The summed E-state index contributed by atoms with van der Waals surface area (Å²) in [5.74, 6) is 0.889. The van der Waals surface area contributed by atoms with Gasteiger partial charge in [-0.2, -0.15) is 11.8 Å². The molecule has 1 heterocycles. The van der Waals surface area contributed by atoms with Crippen LogP contribution in [-0.2, 0) is 0 Å². The van der Waals surface area contributed by atoms with E-state index in [-0.39, 0.29) is 35.3 Å². The van der Waals surface area contributed by atoms with Gasteiger partial charge in [0.15, 0.2) is 5.96 Å². The zero-order valence-electron chi connectivity index (χ0n) is 13.5. The molecule has 1 aromatic carbocycles. The smallest absolute Gasteiger partial charge is 0.194 e. The van der Waals surface area contributed by atoms with E-state index in [0.29, 0.717) is 13.1 Å². The average Bonchev–Trinajstić information content (AvgIpc) is 2.93. The summed E-state index contributed by atoms with van der Waals surface area (Å²) in [6, 6.07) is 7.97. The third-order valence-corrected chi connectivity index (χ3v) is 4.94. The summed E-state index contributed by atoms with van der Waals surface area (Å²) >= 11 is 7.86. The lowest BCUT2D eigenvalue weighted by atomic mass is 10.1. The summed E-state index contributed by atoms with van der Waals surface area (Å²) in [7, 11) is 0. The largest absolute Gasteiger partial charge is 0.391 e. The molecule has 4 nitrogen and oxygen atoms in total. The molecule has 0 radical (unpaired) electrons. The molecule has 0 aromatic heterocycles. The van der Waals surface area contributed by atoms with Crippen LogP contribution in [0.2, 0.25) is 5.02 Å². The van der Waals surface area contributed by atoms with Gasteiger partial charge in [-0.3, -0.25) is 4.99 Å². The number of nitrogens with zero attached hydrogens (tertiary/aromatic N) is 2. The molecule has 0 bridgehead atoms. The first kappa shape index (κ1) is 20.9. The summed E-state index contributed by atoms with van der Waals surface area (Å²) in [6.45, 7) is 5.09. The minimum atomic E-state index is -0.242. The van der Waals surface area contributed by atoms with Gasteiger partial charge >= 0.3 is 0 Å². The number of hydrogen-bond donors (Lipinski definition) is 2. The fraction of sp³-hybridized carbons (Fsp3) is 0.562. The van der Waals surface area contributed by atoms with Crippen LogP contribution in [0.3, 0.4) is 0 Å². The standard InChI is InChI=1S/C16H24ClN3OS.HI/c1-3-18-16(20-8-7-14(21)11-20)19-10-15(22-2)12-5-4-6-13(17)9-12;/h4-6,9,14-15,21H,3,7-8,10-11H2,1-2H3,(H,18,19);1H/t14-,15?;/m1./s1. The zero-order valence-corrected chi connectivity index (χ0v) is 17.4. The van der Waals surface area contributed by atoms with Gasteiger partial charge in [-0.25, -0.2) is 0 Å². The van der Waals surface area contributed by atoms with Crippen LogP contribution in [0.25, 0.3) is 0 Å². The molecule has 1 unspecified atom stereocenters. The van der Waals surface area contributed by atoms with Crippen molar-refractivity contribution >= 4 is 53.3 Å². The lowest BCUT2D eigenvalue weighted by molar-refractivity contribution is 0.188. The van der Waals surface area contributed by atoms with Gasteiger partial charge in [0.1, 0.15) is 0 Å². The second-order valence-corrected chi connectivity index (χ2v) is 6.84. The van der Waals surface area contributed by atoms with Crippen LogP contribution in [-0.4, -0.2) is 54.5 Å². The van der Waals surface area contributed by atoms with E-state index in [1.54, 1.807) is 11.8 Å². The number of β-amino-alcohol motifs (C(OH)–C–C–N with tert-alkyl or cyclic N) is 1. The average molecular weight is 470 g/mol. The van der Waals surface area contributed by atoms with Crippen LogP contribution >= 0.6 is 47.3 Å². The number of rotatable bonds is 5. The Bertz CT molecular complexity index is 518. The van der Waals surface area contributed by atoms with E-state index in [1.807, 2.05) is 18.2 Å². The molecular weight excluding hydrogens is 445 g/mol. The third-order valence-electron chi connectivity index (χ3n) is 3.71. The van der Waals surface area contributed by atoms with Crippen LogP contribution in [0.1, 0.15) is 24.2 Å². The Balaban J connectivity index is 0.00000264. The maximum atomic E-state index is 9.71. The topological polar surface area (TPSA) is 47.9 Å². The minimum Gasteiger partial charge on any atom is -0.391 e. The Hall–Kier alpha value is -0.180. The lowest BCUT2D eigenvalue weighted by Crippen LogP contribution is -2.40. The number of halogens is 2. The molecule has 1 fully saturated rings. The zero-order chi connectivity index (χ0) is 15.9. The van der Waals surface area contributed by atoms with Crippen molar-refractivity contribution in [3.8, 4) is 0 Å². The summed E-state index contributed by atoms with van der Waals surface area (Å²) in [5, 5.41) is 14.1. The van der Waals surface area contributed by atoms with Gasteiger partial charge in [-0.15, -0.1) is 24.0 Å². The Kier molecular flexibility index (Phi) is 9.65. The summed E-state index contributed by atoms with van der Waals surface area (Å²) in [6.07, 6.45) is 2.66. The van der Waals surface area contributed by atoms with Gasteiger partial charge < -0.3 is 15.3 Å². The highest BCUT2D eigenvalue weighted by atomic mass is 127. The van der Waals surface area contributed by atoms with Crippen LogP contribution in [0.5, 0.6) is 0 Å². The van der Waals surface area contributed by atoms with Crippen molar-refractivity contribution in [1.29, 1.82) is 0 Å². The van der Waals surface area contributed by atoms with Gasteiger partial charge in [0.2, 0.25) is 0 Å². The van der Waals surface area contributed by atoms with Crippen molar-refractivity contribution in [2.24, 2.45) is 4.99 Å². The van der Waals surface area contributed by atoms with Gasteiger partial charge in [0, 0.05) is 29.9 Å². The van der Waals surface area contributed by atoms with Crippen molar-refractivity contribution in [2.45, 2.75) is 24.7 Å². The summed E-state index contributed by atoms with van der Waals surface area (Å²) < 4.78 is 0. The van der Waals surface area contributed by atoms with E-state index in [4.69, 9.17) is 16.6 Å². The quantitative estimate of drug-likeness (QED) is 0.394. The fourth-order valence-electron chi connectivity index (χ4n) is 2.55. The predicted octanol–water partition coefficient (Wildman–Crippen LogP) is 3.39. The molecule has 130 valence electrons. The van der Waals surface area contributed by atoms with Gasteiger partial charge in [-0.05, 0) is 37.3 Å². The van der Waals surface area contributed by atoms with E-state index < -0.39 is 0 Å². The first-order chi connectivity index (χ1) is 10.6. The number of aliphatic hydroxyl groups is 1. The summed E-state index contributed by atoms with van der Waals surface area (Å²) in [5.41, 5.74) is 1.20. The lowest BCUT2D eigenvalue weighted by Gasteiger charge is -2.22. The molecule has 0 amide bonds. The Morgan fingerprint density at radius 2 is 2.35 bits per heavy atom. The van der Waals surface area contributed by atoms with Crippen molar-refractivity contribution < 1.29 is 5.11 Å². The molecule has 0 saturated carbocycles. The van der Waals surface area contributed by atoms with E-state index in [9.17, 15) is 5.11 Å². The van der Waals surface area contributed by atoms with E-state index >= 15 is 0 Å². The first-order valence-electron chi connectivity index (χ1n) is 7.63. The molecule has 2 atom stereocenters. The number of benzene rings is 1. The normalized spacial score (nSPS) is 19.4. The maximum Gasteiger partial charge on any atom is 0.194 e. The first-order valence-corrected chi connectivity index (χ1v) is 9.30. The molecule has 2 N–H and O–H groups in total. The SMILES string of the molecule is CCNC(=NCC(SC)c1cccc(Cl)c1)N1CC[C@@H](O)C1.I. The fourth-order valence-corrected chi connectivity index (χ4v) is 3.39. The third kappa shape index (κ3) is 6.32. The second kappa shape index (κ2) is 10.6. The van der Waals surface area contributed by atoms with E-state index in [1.165, 1.54) is 5.56 Å². The number of aliphatic hydroxyl groups excluding tert-OH is 1. The van der Waals surface area contributed by atoms with Crippen LogP contribution in [0.4, 0.5) is 0 Å². The van der Waals surface area contributed by atoms with Crippen molar-refractivity contribution in [3.05, 3.63) is 34.9 Å². The highest BCUT2D eigenvalue weighted by Crippen LogP contribution is 2.28. The Labute approximate surface area is 165 Å². The van der Waals surface area contributed by atoms with Crippen LogP contribution in [0, 0.1) is 0 Å². The highest BCUT2D eigenvalue weighted by molar-refractivity contribution is 14.0. The maximum absolute atomic E-state index is 9.71. The molecule has 0 aliphatic carbocycles. The molecular formula is C16H25ClIN3OS. The van der Waals surface area contributed by atoms with E-state index in [0.717, 1.165) is 30.5 Å². The van der Waals surface area contributed by atoms with Crippen LogP contribution < -0.4 is 5.32 Å².